The molecule has 0 aliphatic carbocycles. The molecule has 0 aliphatic rings. The van der Waals surface area contributed by atoms with Crippen molar-refractivity contribution in [1.82, 2.24) is 4.98 Å². The Morgan fingerprint density at radius 3 is 2.30 bits per heavy atom. The van der Waals surface area contributed by atoms with E-state index in [4.69, 9.17) is 11.6 Å². The molecule has 1 aromatic carbocycles. The van der Waals surface area contributed by atoms with Gasteiger partial charge in [0.25, 0.3) is 10.0 Å². The van der Waals surface area contributed by atoms with Crippen molar-refractivity contribution >= 4 is 27.3 Å². The van der Waals surface area contributed by atoms with Crippen molar-refractivity contribution in [2.24, 2.45) is 0 Å². The number of benzene rings is 1. The maximum atomic E-state index is 13.4. The first-order valence-electron chi connectivity index (χ1n) is 5.08. The van der Waals surface area contributed by atoms with Gasteiger partial charge in [-0.1, -0.05) is 11.6 Å². The number of anilines is 1. The van der Waals surface area contributed by atoms with E-state index in [0.717, 1.165) is 6.20 Å². The third-order valence-corrected chi connectivity index (χ3v) is 4.09. The summed E-state index contributed by atoms with van der Waals surface area (Å²) in [5.74, 6) is -3.93. The number of pyridine rings is 1. The number of aromatic nitrogens is 1. The molecule has 0 bridgehead atoms. The average Bonchev–Trinajstić information content (AvgIpc) is 2.34. The largest absolute Gasteiger partial charge is 0.274 e. The summed E-state index contributed by atoms with van der Waals surface area (Å²) < 4.78 is 65.1. The van der Waals surface area contributed by atoms with E-state index in [-0.39, 0.29) is 5.02 Å². The van der Waals surface area contributed by atoms with Crippen LogP contribution >= 0.6 is 11.6 Å². The van der Waals surface area contributed by atoms with E-state index >= 15 is 0 Å². The first-order valence-corrected chi connectivity index (χ1v) is 6.94. The summed E-state index contributed by atoms with van der Waals surface area (Å²) in [5, 5.41) is -0.171. The standard InChI is InChI=1S/C11H6ClF3N2O2S/c12-7-1-2-16-5-10(7)20(18,19)17-11-8(14)3-6(13)4-9(11)15/h1-5,17H. The third-order valence-electron chi connectivity index (χ3n) is 2.27. The van der Waals surface area contributed by atoms with Crippen molar-refractivity contribution in [2.75, 3.05) is 4.72 Å². The van der Waals surface area contributed by atoms with Crippen LogP contribution in [-0.4, -0.2) is 13.4 Å². The molecule has 4 nitrogen and oxygen atoms in total. The predicted molar refractivity (Wildman–Crippen MR) is 66.4 cm³/mol. The maximum absolute atomic E-state index is 13.4. The van der Waals surface area contributed by atoms with Crippen LogP contribution in [0.1, 0.15) is 0 Å². The van der Waals surface area contributed by atoms with Crippen LogP contribution in [0.25, 0.3) is 0 Å². The first-order chi connectivity index (χ1) is 9.31. The number of hydrogen-bond donors (Lipinski definition) is 1. The second-order valence-corrected chi connectivity index (χ2v) is 5.71. The molecule has 20 heavy (non-hydrogen) atoms. The summed E-state index contributed by atoms with van der Waals surface area (Å²) in [6.07, 6.45) is 2.17. The van der Waals surface area contributed by atoms with Gasteiger partial charge in [0, 0.05) is 24.5 Å². The minimum atomic E-state index is -4.35. The van der Waals surface area contributed by atoms with Gasteiger partial charge in [0.1, 0.15) is 16.4 Å². The average molecular weight is 323 g/mol. The van der Waals surface area contributed by atoms with Crippen molar-refractivity contribution in [3.05, 3.63) is 53.1 Å². The minimum absolute atomic E-state index is 0.171. The highest BCUT2D eigenvalue weighted by Crippen LogP contribution is 2.26. The molecular weight excluding hydrogens is 317 g/mol. The first kappa shape index (κ1) is 14.6. The van der Waals surface area contributed by atoms with Gasteiger partial charge in [-0.05, 0) is 6.07 Å². The maximum Gasteiger partial charge on any atom is 0.265 e. The number of sulfonamides is 1. The fraction of sp³-hybridized carbons (Fsp3) is 0. The van der Waals surface area contributed by atoms with E-state index in [0.29, 0.717) is 12.1 Å². The molecule has 1 aromatic heterocycles. The van der Waals surface area contributed by atoms with Crippen molar-refractivity contribution in [3.63, 3.8) is 0 Å². The van der Waals surface area contributed by atoms with Gasteiger partial charge in [0.05, 0.1) is 5.02 Å². The lowest BCUT2D eigenvalue weighted by molar-refractivity contribution is 0.547. The molecule has 0 amide bonds. The number of hydrogen-bond acceptors (Lipinski definition) is 3. The Kier molecular flexibility index (Phi) is 3.87. The zero-order chi connectivity index (χ0) is 14.9. The number of rotatable bonds is 3. The molecule has 0 saturated carbocycles. The molecule has 0 atom stereocenters. The van der Waals surface area contributed by atoms with Crippen LogP contribution in [0.4, 0.5) is 18.9 Å². The van der Waals surface area contributed by atoms with Gasteiger partial charge in [-0.2, -0.15) is 0 Å². The van der Waals surface area contributed by atoms with Crippen LogP contribution in [0, 0.1) is 17.5 Å². The normalized spacial score (nSPS) is 11.4. The van der Waals surface area contributed by atoms with Gasteiger partial charge in [-0.15, -0.1) is 0 Å². The van der Waals surface area contributed by atoms with Crippen LogP contribution in [-0.2, 0) is 10.0 Å². The van der Waals surface area contributed by atoms with E-state index < -0.39 is 38.1 Å². The van der Waals surface area contributed by atoms with Gasteiger partial charge < -0.3 is 0 Å². The summed E-state index contributed by atoms with van der Waals surface area (Å²) in [6.45, 7) is 0. The zero-order valence-corrected chi connectivity index (χ0v) is 11.1. The van der Waals surface area contributed by atoms with E-state index in [9.17, 15) is 21.6 Å². The summed E-state index contributed by atoms with van der Waals surface area (Å²) >= 11 is 5.67. The third kappa shape index (κ3) is 2.86. The van der Waals surface area contributed by atoms with Gasteiger partial charge in [-0.25, -0.2) is 21.6 Å². The number of halogens is 4. The van der Waals surface area contributed by atoms with Gasteiger partial charge in [0.2, 0.25) is 0 Å². The second-order valence-electron chi connectivity index (χ2n) is 3.66. The monoisotopic (exact) mass is 322 g/mol. The van der Waals surface area contributed by atoms with Crippen molar-refractivity contribution in [2.45, 2.75) is 4.90 Å². The number of nitrogens with zero attached hydrogens (tertiary/aromatic N) is 1. The molecule has 2 aromatic rings. The fourth-order valence-electron chi connectivity index (χ4n) is 1.39. The summed E-state index contributed by atoms with van der Waals surface area (Å²) in [5.41, 5.74) is -0.994. The van der Waals surface area contributed by atoms with Crippen LogP contribution in [0.2, 0.25) is 5.02 Å². The molecule has 9 heteroatoms. The summed E-state index contributed by atoms with van der Waals surface area (Å²) in [7, 11) is -4.35. The van der Waals surface area contributed by atoms with Crippen molar-refractivity contribution in [1.29, 1.82) is 0 Å². The highest BCUT2D eigenvalue weighted by Gasteiger charge is 2.22. The molecule has 0 spiro atoms. The quantitative estimate of drug-likeness (QED) is 0.945. The smallest absolute Gasteiger partial charge is 0.265 e. The van der Waals surface area contributed by atoms with Gasteiger partial charge in [-0.3, -0.25) is 9.71 Å². The molecule has 0 radical (unpaired) electrons. The molecule has 1 N–H and O–H groups in total. The Morgan fingerprint density at radius 1 is 1.15 bits per heavy atom. The van der Waals surface area contributed by atoms with Gasteiger partial charge >= 0.3 is 0 Å². The second kappa shape index (κ2) is 5.29. The van der Waals surface area contributed by atoms with Gasteiger partial charge in [0.15, 0.2) is 11.6 Å². The Labute approximate surface area is 117 Å². The topological polar surface area (TPSA) is 59.1 Å². The van der Waals surface area contributed by atoms with E-state index in [1.807, 2.05) is 0 Å². The van der Waals surface area contributed by atoms with Crippen LogP contribution < -0.4 is 4.72 Å². The summed E-state index contributed by atoms with van der Waals surface area (Å²) in [6, 6.07) is 1.91. The Hall–Kier alpha value is -1.80. The molecule has 0 fully saturated rings. The van der Waals surface area contributed by atoms with Crippen LogP contribution in [0.5, 0.6) is 0 Å². The Balaban J connectivity index is 2.47. The highest BCUT2D eigenvalue weighted by atomic mass is 35.5. The fourth-order valence-corrected chi connectivity index (χ4v) is 2.90. The molecule has 2 rings (SSSR count). The van der Waals surface area contributed by atoms with Crippen LogP contribution in [0.15, 0.2) is 35.5 Å². The van der Waals surface area contributed by atoms with Crippen molar-refractivity contribution < 1.29 is 21.6 Å². The lowest BCUT2D eigenvalue weighted by Gasteiger charge is -2.10. The van der Waals surface area contributed by atoms with E-state index in [1.165, 1.54) is 12.3 Å². The zero-order valence-electron chi connectivity index (χ0n) is 9.57. The Morgan fingerprint density at radius 2 is 1.75 bits per heavy atom. The van der Waals surface area contributed by atoms with E-state index in [2.05, 4.69) is 4.98 Å². The molecular formula is C11H6ClF3N2O2S. The lowest BCUT2D eigenvalue weighted by atomic mass is 10.3. The molecule has 0 unspecified atom stereocenters. The lowest BCUT2D eigenvalue weighted by Crippen LogP contribution is -2.16. The summed E-state index contributed by atoms with van der Waals surface area (Å²) in [4.78, 5) is 3.11. The SMILES string of the molecule is O=S(=O)(Nc1c(F)cc(F)cc1F)c1cnccc1Cl. The van der Waals surface area contributed by atoms with E-state index in [1.54, 1.807) is 4.72 Å². The molecule has 106 valence electrons. The molecule has 1 heterocycles. The molecule has 0 saturated heterocycles. The Bertz CT molecular complexity index is 745. The molecule has 0 aliphatic heterocycles. The predicted octanol–water partition coefficient (Wildman–Crippen LogP) is 2.95. The number of nitrogens with one attached hydrogen (secondary N) is 1. The van der Waals surface area contributed by atoms with Crippen LogP contribution in [0.3, 0.4) is 0 Å². The highest BCUT2D eigenvalue weighted by molar-refractivity contribution is 7.92. The minimum Gasteiger partial charge on any atom is -0.274 e. The van der Waals surface area contributed by atoms with Crippen molar-refractivity contribution in [3.8, 4) is 0 Å².